The standard InChI is InChI=1S/C35H36N2/c1-5-25-15-11-16-26(6-2)34(25)37-35(31-20-10-9-18-28(31)24(3)4)33-23-13-22-32(36-33)30-21-12-17-27-14-7-8-19-29(27)30/h7-24,35,37H,5-6H2,1-4H3. The van der Waals surface area contributed by atoms with Crippen LogP contribution in [-0.2, 0) is 12.8 Å². The number of fused-ring (bicyclic) bond motifs is 1. The summed E-state index contributed by atoms with van der Waals surface area (Å²) in [7, 11) is 0. The Morgan fingerprint density at radius 1 is 0.649 bits per heavy atom. The van der Waals surface area contributed by atoms with Gasteiger partial charge in [0.15, 0.2) is 0 Å². The zero-order valence-electron chi connectivity index (χ0n) is 22.3. The number of para-hydroxylation sites is 1. The minimum Gasteiger partial charge on any atom is -0.372 e. The van der Waals surface area contributed by atoms with E-state index in [1.54, 1.807) is 0 Å². The third-order valence-electron chi connectivity index (χ3n) is 7.35. The van der Waals surface area contributed by atoms with Gasteiger partial charge in [0, 0.05) is 11.3 Å². The zero-order valence-corrected chi connectivity index (χ0v) is 22.3. The summed E-state index contributed by atoms with van der Waals surface area (Å²) in [6, 6.07) is 36.9. The van der Waals surface area contributed by atoms with Gasteiger partial charge in [0.25, 0.3) is 0 Å². The van der Waals surface area contributed by atoms with Gasteiger partial charge >= 0.3 is 0 Å². The minimum absolute atomic E-state index is 0.0634. The van der Waals surface area contributed by atoms with Gasteiger partial charge in [0.1, 0.15) is 0 Å². The Morgan fingerprint density at radius 2 is 1.27 bits per heavy atom. The Morgan fingerprint density at radius 3 is 2.00 bits per heavy atom. The number of nitrogens with one attached hydrogen (secondary N) is 1. The number of hydrogen-bond donors (Lipinski definition) is 1. The van der Waals surface area contributed by atoms with E-state index in [4.69, 9.17) is 4.98 Å². The van der Waals surface area contributed by atoms with E-state index in [2.05, 4.69) is 136 Å². The molecule has 0 aliphatic rings. The minimum atomic E-state index is -0.0634. The first-order valence-corrected chi connectivity index (χ1v) is 13.5. The third kappa shape index (κ3) is 5.02. The lowest BCUT2D eigenvalue weighted by Crippen LogP contribution is -2.18. The molecule has 5 aromatic rings. The number of nitrogens with zero attached hydrogens (tertiary/aromatic N) is 1. The zero-order chi connectivity index (χ0) is 25.8. The van der Waals surface area contributed by atoms with Crippen LogP contribution >= 0.6 is 0 Å². The van der Waals surface area contributed by atoms with Crippen LogP contribution in [0.4, 0.5) is 5.69 Å². The highest BCUT2D eigenvalue weighted by Crippen LogP contribution is 2.36. The molecule has 0 spiro atoms. The molecule has 2 heteroatoms. The van der Waals surface area contributed by atoms with E-state index >= 15 is 0 Å². The fraction of sp³-hybridized carbons (Fsp3) is 0.229. The van der Waals surface area contributed by atoms with Crippen molar-refractivity contribution in [3.63, 3.8) is 0 Å². The maximum atomic E-state index is 5.31. The van der Waals surface area contributed by atoms with Crippen molar-refractivity contribution in [2.75, 3.05) is 5.32 Å². The van der Waals surface area contributed by atoms with Crippen LogP contribution in [0.15, 0.2) is 103 Å². The normalized spacial score (nSPS) is 12.1. The fourth-order valence-corrected chi connectivity index (χ4v) is 5.39. The van der Waals surface area contributed by atoms with Crippen molar-refractivity contribution in [3.05, 3.63) is 131 Å². The lowest BCUT2D eigenvalue weighted by Gasteiger charge is -2.27. The molecule has 1 N–H and O–H groups in total. The fourth-order valence-electron chi connectivity index (χ4n) is 5.39. The molecule has 0 radical (unpaired) electrons. The van der Waals surface area contributed by atoms with E-state index in [1.165, 1.54) is 44.3 Å². The largest absolute Gasteiger partial charge is 0.372 e. The number of hydrogen-bond acceptors (Lipinski definition) is 2. The molecular weight excluding hydrogens is 448 g/mol. The number of anilines is 1. The molecule has 4 aromatic carbocycles. The molecule has 0 aliphatic carbocycles. The van der Waals surface area contributed by atoms with Crippen molar-refractivity contribution in [2.45, 2.75) is 52.5 Å². The van der Waals surface area contributed by atoms with Crippen LogP contribution in [0, 0.1) is 0 Å². The van der Waals surface area contributed by atoms with Crippen LogP contribution in [0.25, 0.3) is 22.0 Å². The second-order valence-corrected chi connectivity index (χ2v) is 9.99. The topological polar surface area (TPSA) is 24.9 Å². The molecule has 0 amide bonds. The molecule has 0 bridgehead atoms. The van der Waals surface area contributed by atoms with Gasteiger partial charge in [-0.15, -0.1) is 0 Å². The molecule has 1 atom stereocenters. The number of aromatic nitrogens is 1. The van der Waals surface area contributed by atoms with E-state index < -0.39 is 0 Å². The van der Waals surface area contributed by atoms with E-state index in [-0.39, 0.29) is 6.04 Å². The van der Waals surface area contributed by atoms with Crippen molar-refractivity contribution in [2.24, 2.45) is 0 Å². The first-order chi connectivity index (χ1) is 18.1. The first kappa shape index (κ1) is 24.8. The summed E-state index contributed by atoms with van der Waals surface area (Å²) in [6.45, 7) is 9.01. The van der Waals surface area contributed by atoms with Crippen molar-refractivity contribution in [1.82, 2.24) is 4.98 Å². The Bertz CT molecular complexity index is 1490. The predicted molar refractivity (Wildman–Crippen MR) is 158 cm³/mol. The summed E-state index contributed by atoms with van der Waals surface area (Å²) in [5.74, 6) is 0.411. The van der Waals surface area contributed by atoms with Gasteiger partial charge in [0.2, 0.25) is 0 Å². The number of pyridine rings is 1. The van der Waals surface area contributed by atoms with Gasteiger partial charge in [-0.1, -0.05) is 119 Å². The molecule has 0 saturated carbocycles. The SMILES string of the molecule is CCc1cccc(CC)c1NC(c1cccc(-c2cccc3ccccc23)n1)c1ccccc1C(C)C. The van der Waals surface area contributed by atoms with E-state index in [0.29, 0.717) is 5.92 Å². The first-order valence-electron chi connectivity index (χ1n) is 13.5. The summed E-state index contributed by atoms with van der Waals surface area (Å²) in [5.41, 5.74) is 9.77. The van der Waals surface area contributed by atoms with E-state index in [1.807, 2.05) is 0 Å². The van der Waals surface area contributed by atoms with Gasteiger partial charge in [-0.3, -0.25) is 4.98 Å². The molecule has 1 aromatic heterocycles. The highest BCUT2D eigenvalue weighted by atomic mass is 15.0. The van der Waals surface area contributed by atoms with Crippen LogP contribution in [0.1, 0.15) is 67.6 Å². The summed E-state index contributed by atoms with van der Waals surface area (Å²) >= 11 is 0. The van der Waals surface area contributed by atoms with E-state index in [9.17, 15) is 0 Å². The summed E-state index contributed by atoms with van der Waals surface area (Å²) in [4.78, 5) is 5.31. The van der Waals surface area contributed by atoms with Gasteiger partial charge in [-0.2, -0.15) is 0 Å². The lowest BCUT2D eigenvalue weighted by molar-refractivity contribution is 0.802. The Labute approximate surface area is 221 Å². The highest BCUT2D eigenvalue weighted by molar-refractivity contribution is 5.95. The lowest BCUT2D eigenvalue weighted by atomic mass is 9.90. The van der Waals surface area contributed by atoms with Gasteiger partial charge in [-0.05, 0) is 63.9 Å². The van der Waals surface area contributed by atoms with Crippen molar-refractivity contribution < 1.29 is 0 Å². The molecule has 1 unspecified atom stereocenters. The Balaban J connectivity index is 1.69. The number of aryl methyl sites for hydroxylation is 2. The van der Waals surface area contributed by atoms with Crippen LogP contribution < -0.4 is 5.32 Å². The quantitative estimate of drug-likeness (QED) is 0.237. The molecule has 186 valence electrons. The molecule has 2 nitrogen and oxygen atoms in total. The summed E-state index contributed by atoms with van der Waals surface area (Å²) in [5, 5.41) is 6.46. The van der Waals surface area contributed by atoms with Crippen LogP contribution in [0.2, 0.25) is 0 Å². The molecular formula is C35H36N2. The number of benzene rings is 4. The van der Waals surface area contributed by atoms with Crippen molar-refractivity contribution >= 4 is 16.5 Å². The smallest absolute Gasteiger partial charge is 0.0943 e. The summed E-state index contributed by atoms with van der Waals surface area (Å²) < 4.78 is 0. The van der Waals surface area contributed by atoms with Gasteiger partial charge in [0.05, 0.1) is 17.4 Å². The molecule has 1 heterocycles. The van der Waals surface area contributed by atoms with Crippen molar-refractivity contribution in [3.8, 4) is 11.3 Å². The predicted octanol–water partition coefficient (Wildman–Crippen LogP) is 9.35. The van der Waals surface area contributed by atoms with E-state index in [0.717, 1.165) is 24.2 Å². The van der Waals surface area contributed by atoms with Gasteiger partial charge < -0.3 is 5.32 Å². The Kier molecular flexibility index (Phi) is 7.37. The maximum Gasteiger partial charge on any atom is 0.0943 e. The number of rotatable bonds is 8. The highest BCUT2D eigenvalue weighted by Gasteiger charge is 2.22. The molecule has 37 heavy (non-hydrogen) atoms. The van der Waals surface area contributed by atoms with Gasteiger partial charge in [-0.25, -0.2) is 0 Å². The van der Waals surface area contributed by atoms with Crippen LogP contribution in [0.5, 0.6) is 0 Å². The molecule has 0 aliphatic heterocycles. The van der Waals surface area contributed by atoms with Crippen LogP contribution in [-0.4, -0.2) is 4.98 Å². The second kappa shape index (κ2) is 11.0. The monoisotopic (exact) mass is 484 g/mol. The third-order valence-corrected chi connectivity index (χ3v) is 7.35. The second-order valence-electron chi connectivity index (χ2n) is 9.99. The maximum absolute atomic E-state index is 5.31. The summed E-state index contributed by atoms with van der Waals surface area (Å²) in [6.07, 6.45) is 1.97. The molecule has 5 rings (SSSR count). The molecule has 0 fully saturated rings. The van der Waals surface area contributed by atoms with Crippen molar-refractivity contribution in [1.29, 1.82) is 0 Å². The Hall–Kier alpha value is -3.91. The average Bonchev–Trinajstić information content (AvgIpc) is 2.95. The molecule has 0 saturated heterocycles. The van der Waals surface area contributed by atoms with Crippen LogP contribution in [0.3, 0.4) is 0 Å². The average molecular weight is 485 g/mol.